The summed E-state index contributed by atoms with van der Waals surface area (Å²) in [5.41, 5.74) is 0.649. The Bertz CT molecular complexity index is 567. The molecule has 1 aromatic heterocycles. The summed E-state index contributed by atoms with van der Waals surface area (Å²) in [6, 6.07) is 8.63. The number of furan rings is 1. The second-order valence-electron chi connectivity index (χ2n) is 4.87. The van der Waals surface area contributed by atoms with Crippen molar-refractivity contribution in [3.63, 3.8) is 0 Å². The topological polar surface area (TPSA) is 28.4 Å². The molecule has 3 nitrogen and oxygen atoms in total. The van der Waals surface area contributed by atoms with E-state index in [9.17, 15) is 4.39 Å². The molecular weight excluding hydrogens is 323 g/mol. The molecule has 2 aromatic rings. The second kappa shape index (κ2) is 6.08. The Morgan fingerprint density at radius 1 is 1.25 bits per heavy atom. The van der Waals surface area contributed by atoms with Crippen LogP contribution in [-0.2, 0) is 0 Å². The summed E-state index contributed by atoms with van der Waals surface area (Å²) in [4.78, 5) is 2.25. The maximum Gasteiger partial charge on any atom is 0.128 e. The van der Waals surface area contributed by atoms with Crippen molar-refractivity contribution in [1.29, 1.82) is 0 Å². The molecule has 20 heavy (non-hydrogen) atoms. The molecule has 0 unspecified atom stereocenters. The highest BCUT2D eigenvalue weighted by Gasteiger charge is 2.28. The molecule has 1 fully saturated rings. The van der Waals surface area contributed by atoms with E-state index in [1.54, 1.807) is 12.3 Å². The molecule has 1 atom stereocenters. The fourth-order valence-electron chi connectivity index (χ4n) is 2.64. The Hall–Kier alpha value is -1.17. The molecular formula is C15H16BrFN2O. The van der Waals surface area contributed by atoms with Gasteiger partial charge in [0, 0.05) is 36.2 Å². The van der Waals surface area contributed by atoms with Gasteiger partial charge in [0.25, 0.3) is 0 Å². The largest absolute Gasteiger partial charge is 0.467 e. The van der Waals surface area contributed by atoms with Gasteiger partial charge in [-0.1, -0.05) is 15.9 Å². The Kier molecular flexibility index (Phi) is 4.19. The fourth-order valence-corrected chi connectivity index (χ4v) is 3.02. The van der Waals surface area contributed by atoms with Gasteiger partial charge in [0.05, 0.1) is 12.3 Å². The lowest BCUT2D eigenvalue weighted by Gasteiger charge is -2.34. The first-order valence-corrected chi connectivity index (χ1v) is 7.48. The second-order valence-corrected chi connectivity index (χ2v) is 5.79. The van der Waals surface area contributed by atoms with E-state index in [1.807, 2.05) is 18.2 Å². The smallest absolute Gasteiger partial charge is 0.128 e. The van der Waals surface area contributed by atoms with Crippen LogP contribution in [0.25, 0.3) is 0 Å². The van der Waals surface area contributed by atoms with Crippen LogP contribution >= 0.6 is 15.9 Å². The Balaban J connectivity index is 2.02. The minimum atomic E-state index is -0.201. The average Bonchev–Trinajstić information content (AvgIpc) is 2.98. The maximum absolute atomic E-state index is 14.3. The fraction of sp³-hybridized carbons (Fsp3) is 0.333. The number of nitrogens with zero attached hydrogens (tertiary/aromatic N) is 1. The Morgan fingerprint density at radius 2 is 2.05 bits per heavy atom. The van der Waals surface area contributed by atoms with Gasteiger partial charge in [0.2, 0.25) is 0 Å². The molecule has 1 aliphatic heterocycles. The predicted molar refractivity (Wildman–Crippen MR) is 79.1 cm³/mol. The lowest BCUT2D eigenvalue weighted by atomic mass is 10.0. The summed E-state index contributed by atoms with van der Waals surface area (Å²) in [5, 5.41) is 3.32. The van der Waals surface area contributed by atoms with E-state index >= 15 is 0 Å². The molecule has 5 heteroatoms. The molecule has 3 rings (SSSR count). The van der Waals surface area contributed by atoms with E-state index in [2.05, 4.69) is 26.1 Å². The molecule has 0 spiro atoms. The maximum atomic E-state index is 14.3. The SMILES string of the molecule is Fc1ccc(Br)cc1[C@H](c1ccco1)N1CCNCC1. The van der Waals surface area contributed by atoms with Crippen molar-refractivity contribution in [2.75, 3.05) is 26.2 Å². The van der Waals surface area contributed by atoms with Crippen LogP contribution in [0.3, 0.4) is 0 Å². The van der Waals surface area contributed by atoms with Crippen molar-refractivity contribution in [2.45, 2.75) is 6.04 Å². The first-order valence-electron chi connectivity index (χ1n) is 6.69. The molecule has 0 saturated carbocycles. The first-order chi connectivity index (χ1) is 9.75. The Morgan fingerprint density at radius 3 is 2.75 bits per heavy atom. The van der Waals surface area contributed by atoms with Gasteiger partial charge in [0.15, 0.2) is 0 Å². The summed E-state index contributed by atoms with van der Waals surface area (Å²) >= 11 is 3.42. The van der Waals surface area contributed by atoms with Crippen molar-refractivity contribution in [1.82, 2.24) is 10.2 Å². The number of halogens is 2. The van der Waals surface area contributed by atoms with Crippen LogP contribution in [0.2, 0.25) is 0 Å². The van der Waals surface area contributed by atoms with Gasteiger partial charge >= 0.3 is 0 Å². The molecule has 0 aliphatic carbocycles. The van der Waals surface area contributed by atoms with Crippen LogP contribution in [-0.4, -0.2) is 31.1 Å². The van der Waals surface area contributed by atoms with E-state index in [-0.39, 0.29) is 11.9 Å². The molecule has 1 N–H and O–H groups in total. The highest BCUT2D eigenvalue weighted by atomic mass is 79.9. The van der Waals surface area contributed by atoms with Gasteiger partial charge in [-0.25, -0.2) is 4.39 Å². The quantitative estimate of drug-likeness (QED) is 0.931. The number of hydrogen-bond donors (Lipinski definition) is 1. The summed E-state index contributed by atoms with van der Waals surface area (Å²) in [5.74, 6) is 0.581. The van der Waals surface area contributed by atoms with Crippen molar-refractivity contribution >= 4 is 15.9 Å². The van der Waals surface area contributed by atoms with Gasteiger partial charge < -0.3 is 9.73 Å². The van der Waals surface area contributed by atoms with E-state index < -0.39 is 0 Å². The third kappa shape index (κ3) is 2.80. The third-order valence-corrected chi connectivity index (χ3v) is 4.08. The minimum absolute atomic E-state index is 0.176. The third-order valence-electron chi connectivity index (χ3n) is 3.58. The number of rotatable bonds is 3. The Labute approximate surface area is 125 Å². The standard InChI is InChI=1S/C15H16BrFN2O/c16-11-3-4-13(17)12(10-11)15(14-2-1-9-20-14)19-7-5-18-6-8-19/h1-4,9-10,15,18H,5-8H2/t15-/m1/s1. The highest BCUT2D eigenvalue weighted by Crippen LogP contribution is 2.32. The zero-order valence-corrected chi connectivity index (χ0v) is 12.6. The van der Waals surface area contributed by atoms with Crippen LogP contribution in [0, 0.1) is 5.82 Å². The number of piperazine rings is 1. The summed E-state index contributed by atoms with van der Waals surface area (Å²) in [6.45, 7) is 3.56. The van der Waals surface area contributed by atoms with Crippen molar-refractivity contribution in [3.8, 4) is 0 Å². The van der Waals surface area contributed by atoms with E-state index in [4.69, 9.17) is 4.42 Å². The summed E-state index contributed by atoms with van der Waals surface area (Å²) < 4.78 is 20.7. The van der Waals surface area contributed by atoms with Crippen molar-refractivity contribution in [2.24, 2.45) is 0 Å². The first kappa shape index (κ1) is 13.8. The van der Waals surface area contributed by atoms with Gasteiger partial charge in [-0.3, -0.25) is 4.90 Å². The minimum Gasteiger partial charge on any atom is -0.467 e. The number of hydrogen-bond acceptors (Lipinski definition) is 3. The summed E-state index contributed by atoms with van der Waals surface area (Å²) in [6.07, 6.45) is 1.64. The van der Waals surface area contributed by atoms with Crippen molar-refractivity contribution < 1.29 is 8.81 Å². The van der Waals surface area contributed by atoms with Crippen LogP contribution < -0.4 is 5.32 Å². The predicted octanol–water partition coefficient (Wildman–Crippen LogP) is 3.18. The molecule has 0 bridgehead atoms. The zero-order chi connectivity index (χ0) is 13.9. The normalized spacial score (nSPS) is 18.1. The van der Waals surface area contributed by atoms with Gasteiger partial charge in [-0.15, -0.1) is 0 Å². The van der Waals surface area contributed by atoms with Crippen LogP contribution in [0.1, 0.15) is 17.4 Å². The van der Waals surface area contributed by atoms with Gasteiger partial charge in [-0.05, 0) is 30.3 Å². The lowest BCUT2D eigenvalue weighted by Crippen LogP contribution is -2.45. The van der Waals surface area contributed by atoms with Crippen LogP contribution in [0.15, 0.2) is 45.5 Å². The molecule has 2 heterocycles. The molecule has 1 saturated heterocycles. The number of benzene rings is 1. The van der Waals surface area contributed by atoms with Gasteiger partial charge in [0.1, 0.15) is 11.6 Å². The van der Waals surface area contributed by atoms with Gasteiger partial charge in [-0.2, -0.15) is 0 Å². The van der Waals surface area contributed by atoms with E-state index in [0.29, 0.717) is 5.56 Å². The molecule has 1 aliphatic rings. The zero-order valence-electron chi connectivity index (χ0n) is 11.0. The average molecular weight is 339 g/mol. The molecule has 1 aromatic carbocycles. The number of nitrogens with one attached hydrogen (secondary N) is 1. The monoisotopic (exact) mass is 338 g/mol. The van der Waals surface area contributed by atoms with Crippen LogP contribution in [0.5, 0.6) is 0 Å². The molecule has 0 radical (unpaired) electrons. The van der Waals surface area contributed by atoms with Crippen molar-refractivity contribution in [3.05, 3.63) is 58.2 Å². The van der Waals surface area contributed by atoms with E-state index in [1.165, 1.54) is 6.07 Å². The van der Waals surface area contributed by atoms with E-state index in [0.717, 1.165) is 36.4 Å². The van der Waals surface area contributed by atoms with Crippen LogP contribution in [0.4, 0.5) is 4.39 Å². The molecule has 106 valence electrons. The lowest BCUT2D eigenvalue weighted by molar-refractivity contribution is 0.177. The molecule has 0 amide bonds. The highest BCUT2D eigenvalue weighted by molar-refractivity contribution is 9.10. The summed E-state index contributed by atoms with van der Waals surface area (Å²) in [7, 11) is 0.